The fourth-order valence-corrected chi connectivity index (χ4v) is 2.21. The van der Waals surface area contributed by atoms with Crippen molar-refractivity contribution in [2.45, 2.75) is 13.5 Å². The minimum Gasteiger partial charge on any atom is -0.493 e. The van der Waals surface area contributed by atoms with Crippen LogP contribution in [-0.2, 0) is 11.3 Å². The second-order valence-corrected chi connectivity index (χ2v) is 5.19. The average molecular weight is 314 g/mol. The molecule has 0 saturated carbocycles. The number of ether oxygens (including phenoxy) is 2. The topological polar surface area (TPSA) is 59.6 Å². The zero-order valence-corrected chi connectivity index (χ0v) is 13.7. The number of carbonyl (C=O) groups is 1. The quantitative estimate of drug-likeness (QED) is 0.825. The summed E-state index contributed by atoms with van der Waals surface area (Å²) in [6, 6.07) is 13.5. The molecule has 5 nitrogen and oxygen atoms in total. The van der Waals surface area contributed by atoms with Crippen LogP contribution in [0.3, 0.4) is 0 Å². The van der Waals surface area contributed by atoms with Gasteiger partial charge >= 0.3 is 0 Å². The number of amides is 1. The molecule has 2 N–H and O–H groups in total. The Kier molecular flexibility index (Phi) is 5.86. The summed E-state index contributed by atoms with van der Waals surface area (Å²) >= 11 is 0. The van der Waals surface area contributed by atoms with E-state index >= 15 is 0 Å². The lowest BCUT2D eigenvalue weighted by atomic mass is 10.1. The molecule has 2 aromatic carbocycles. The Morgan fingerprint density at radius 2 is 1.83 bits per heavy atom. The van der Waals surface area contributed by atoms with Gasteiger partial charge in [-0.1, -0.05) is 29.8 Å². The van der Waals surface area contributed by atoms with Crippen molar-refractivity contribution in [1.29, 1.82) is 0 Å². The van der Waals surface area contributed by atoms with E-state index in [9.17, 15) is 4.79 Å². The minimum absolute atomic E-state index is 0.0682. The molecule has 0 aliphatic rings. The fourth-order valence-electron chi connectivity index (χ4n) is 2.21. The molecule has 0 atom stereocenters. The van der Waals surface area contributed by atoms with Crippen molar-refractivity contribution in [2.75, 3.05) is 26.1 Å². The van der Waals surface area contributed by atoms with E-state index in [1.54, 1.807) is 26.4 Å². The zero-order valence-electron chi connectivity index (χ0n) is 13.7. The van der Waals surface area contributed by atoms with E-state index in [1.165, 1.54) is 5.56 Å². The highest BCUT2D eigenvalue weighted by Crippen LogP contribution is 2.29. The summed E-state index contributed by atoms with van der Waals surface area (Å²) in [6.07, 6.45) is 0. The SMILES string of the molecule is COc1ccc(NCC(=O)NCc2cccc(C)c2)cc1OC. The number of benzene rings is 2. The lowest BCUT2D eigenvalue weighted by Crippen LogP contribution is -2.29. The van der Waals surface area contributed by atoms with Crippen LogP contribution in [0.5, 0.6) is 11.5 Å². The number of methoxy groups -OCH3 is 2. The van der Waals surface area contributed by atoms with Crippen molar-refractivity contribution in [3.63, 3.8) is 0 Å². The molecule has 0 bridgehead atoms. The first-order valence-electron chi connectivity index (χ1n) is 7.40. The van der Waals surface area contributed by atoms with Gasteiger partial charge in [-0.05, 0) is 24.6 Å². The molecule has 0 unspecified atom stereocenters. The molecule has 2 aromatic rings. The smallest absolute Gasteiger partial charge is 0.239 e. The first kappa shape index (κ1) is 16.7. The van der Waals surface area contributed by atoms with Gasteiger partial charge in [0.2, 0.25) is 5.91 Å². The molecule has 0 aliphatic carbocycles. The Morgan fingerprint density at radius 1 is 1.04 bits per heavy atom. The third-order valence-corrected chi connectivity index (χ3v) is 3.41. The van der Waals surface area contributed by atoms with Gasteiger partial charge in [0, 0.05) is 18.3 Å². The van der Waals surface area contributed by atoms with Gasteiger partial charge in [-0.2, -0.15) is 0 Å². The fraction of sp³-hybridized carbons (Fsp3) is 0.278. The zero-order chi connectivity index (χ0) is 16.7. The maximum absolute atomic E-state index is 11.9. The lowest BCUT2D eigenvalue weighted by Gasteiger charge is -2.11. The minimum atomic E-state index is -0.0682. The van der Waals surface area contributed by atoms with Crippen LogP contribution in [0.25, 0.3) is 0 Å². The number of rotatable bonds is 7. The predicted octanol–water partition coefficient (Wildman–Crippen LogP) is 2.74. The normalized spacial score (nSPS) is 10.0. The van der Waals surface area contributed by atoms with Crippen LogP contribution in [0.15, 0.2) is 42.5 Å². The highest BCUT2D eigenvalue weighted by atomic mass is 16.5. The number of hydrogen-bond donors (Lipinski definition) is 2. The van der Waals surface area contributed by atoms with E-state index in [-0.39, 0.29) is 12.5 Å². The highest BCUT2D eigenvalue weighted by Gasteiger charge is 2.06. The first-order valence-corrected chi connectivity index (χ1v) is 7.40. The largest absolute Gasteiger partial charge is 0.493 e. The number of aryl methyl sites for hydroxylation is 1. The Balaban J connectivity index is 1.84. The molecule has 23 heavy (non-hydrogen) atoms. The lowest BCUT2D eigenvalue weighted by molar-refractivity contribution is -0.119. The summed E-state index contributed by atoms with van der Waals surface area (Å²) < 4.78 is 10.4. The van der Waals surface area contributed by atoms with Gasteiger partial charge in [-0.3, -0.25) is 4.79 Å². The number of carbonyl (C=O) groups excluding carboxylic acids is 1. The van der Waals surface area contributed by atoms with E-state index < -0.39 is 0 Å². The van der Waals surface area contributed by atoms with Crippen LogP contribution in [0.2, 0.25) is 0 Å². The summed E-state index contributed by atoms with van der Waals surface area (Å²) in [5.74, 6) is 1.21. The molecule has 122 valence electrons. The third-order valence-electron chi connectivity index (χ3n) is 3.41. The summed E-state index contributed by atoms with van der Waals surface area (Å²) in [7, 11) is 3.17. The standard InChI is InChI=1S/C18H22N2O3/c1-13-5-4-6-14(9-13)11-20-18(21)12-19-15-7-8-16(22-2)17(10-15)23-3/h4-10,19H,11-12H2,1-3H3,(H,20,21). The first-order chi connectivity index (χ1) is 11.1. The Bertz CT molecular complexity index is 671. The van der Waals surface area contributed by atoms with Gasteiger partial charge in [-0.25, -0.2) is 0 Å². The number of hydrogen-bond acceptors (Lipinski definition) is 4. The molecule has 0 aromatic heterocycles. The van der Waals surface area contributed by atoms with Crippen LogP contribution < -0.4 is 20.1 Å². The summed E-state index contributed by atoms with van der Waals surface area (Å²) in [6.45, 7) is 2.75. The molecular formula is C18H22N2O3. The van der Waals surface area contributed by atoms with Crippen LogP contribution in [0, 0.1) is 6.92 Å². The summed E-state index contributed by atoms with van der Waals surface area (Å²) in [4.78, 5) is 11.9. The van der Waals surface area contributed by atoms with Crippen molar-refractivity contribution in [3.8, 4) is 11.5 Å². The molecule has 2 rings (SSSR count). The van der Waals surface area contributed by atoms with E-state index in [0.29, 0.717) is 18.0 Å². The van der Waals surface area contributed by atoms with Gasteiger partial charge < -0.3 is 20.1 Å². The highest BCUT2D eigenvalue weighted by molar-refractivity contribution is 5.80. The monoisotopic (exact) mass is 314 g/mol. The predicted molar refractivity (Wildman–Crippen MR) is 91.1 cm³/mol. The van der Waals surface area contributed by atoms with Crippen LogP contribution in [-0.4, -0.2) is 26.7 Å². The molecule has 0 fully saturated rings. The van der Waals surface area contributed by atoms with Crippen molar-refractivity contribution in [3.05, 3.63) is 53.6 Å². The average Bonchev–Trinajstić information content (AvgIpc) is 2.57. The summed E-state index contributed by atoms with van der Waals surface area (Å²) in [5.41, 5.74) is 3.07. The third kappa shape index (κ3) is 4.92. The molecule has 0 spiro atoms. The van der Waals surface area contributed by atoms with Crippen molar-refractivity contribution >= 4 is 11.6 Å². The van der Waals surface area contributed by atoms with Gasteiger partial charge in [0.15, 0.2) is 11.5 Å². The number of anilines is 1. The van der Waals surface area contributed by atoms with Crippen LogP contribution in [0.1, 0.15) is 11.1 Å². The molecule has 5 heteroatoms. The Morgan fingerprint density at radius 3 is 2.52 bits per heavy atom. The van der Waals surface area contributed by atoms with Crippen molar-refractivity contribution < 1.29 is 14.3 Å². The van der Waals surface area contributed by atoms with Gasteiger partial charge in [-0.15, -0.1) is 0 Å². The van der Waals surface area contributed by atoms with Gasteiger partial charge in [0.1, 0.15) is 0 Å². The second kappa shape index (κ2) is 8.08. The van der Waals surface area contributed by atoms with E-state index in [0.717, 1.165) is 11.3 Å². The maximum Gasteiger partial charge on any atom is 0.239 e. The van der Waals surface area contributed by atoms with Crippen molar-refractivity contribution in [2.24, 2.45) is 0 Å². The molecule has 0 radical (unpaired) electrons. The molecule has 0 saturated heterocycles. The molecule has 1 amide bonds. The van der Waals surface area contributed by atoms with Crippen molar-refractivity contribution in [1.82, 2.24) is 5.32 Å². The summed E-state index contributed by atoms with van der Waals surface area (Å²) in [5, 5.41) is 5.96. The number of nitrogens with one attached hydrogen (secondary N) is 2. The Labute approximate surface area is 136 Å². The Hall–Kier alpha value is -2.69. The second-order valence-electron chi connectivity index (χ2n) is 5.19. The van der Waals surface area contributed by atoms with Gasteiger partial charge in [0.05, 0.1) is 20.8 Å². The molecular weight excluding hydrogens is 292 g/mol. The van der Waals surface area contributed by atoms with E-state index in [2.05, 4.69) is 16.7 Å². The maximum atomic E-state index is 11.9. The van der Waals surface area contributed by atoms with Crippen LogP contribution >= 0.6 is 0 Å². The van der Waals surface area contributed by atoms with E-state index in [4.69, 9.17) is 9.47 Å². The van der Waals surface area contributed by atoms with E-state index in [1.807, 2.05) is 31.2 Å². The van der Waals surface area contributed by atoms with Crippen LogP contribution in [0.4, 0.5) is 5.69 Å². The molecule has 0 heterocycles. The molecule has 0 aliphatic heterocycles. The van der Waals surface area contributed by atoms with Gasteiger partial charge in [0.25, 0.3) is 0 Å².